The number of rotatable bonds is 1. The monoisotopic (exact) mass is 258 g/mol. The second kappa shape index (κ2) is 5.72. The van der Waals surface area contributed by atoms with E-state index in [1.165, 1.54) is 0 Å². The van der Waals surface area contributed by atoms with E-state index in [0.717, 1.165) is 11.1 Å². The van der Waals surface area contributed by atoms with Gasteiger partial charge in [0.25, 0.3) is 0 Å². The van der Waals surface area contributed by atoms with Gasteiger partial charge < -0.3 is 0 Å². The Hall–Kier alpha value is -3.06. The number of benzene rings is 1. The molecule has 0 fully saturated rings. The molecule has 20 heavy (non-hydrogen) atoms. The van der Waals surface area contributed by atoms with Crippen LogP contribution in [0.25, 0.3) is 11.6 Å². The molecule has 2 heterocycles. The topological polar surface area (TPSA) is 51.6 Å². The Balaban J connectivity index is 1.83. The Morgan fingerprint density at radius 2 is 1.20 bits per heavy atom. The summed E-state index contributed by atoms with van der Waals surface area (Å²) in [5, 5.41) is 0. The molecule has 0 atom stereocenters. The van der Waals surface area contributed by atoms with E-state index in [0.29, 0.717) is 11.6 Å². The van der Waals surface area contributed by atoms with E-state index in [1.807, 2.05) is 30.3 Å². The Labute approximate surface area is 116 Å². The molecule has 3 rings (SSSR count). The second-order valence-electron chi connectivity index (χ2n) is 3.98. The highest BCUT2D eigenvalue weighted by Crippen LogP contribution is 2.06. The fraction of sp³-hybridized carbons (Fsp3) is 0. The van der Waals surface area contributed by atoms with Gasteiger partial charge in [-0.05, 0) is 18.2 Å². The predicted octanol–water partition coefficient (Wildman–Crippen LogP) is 2.33. The van der Waals surface area contributed by atoms with Gasteiger partial charge in [-0.1, -0.05) is 30.0 Å². The Morgan fingerprint density at radius 3 is 1.90 bits per heavy atom. The summed E-state index contributed by atoms with van der Waals surface area (Å²) in [5.41, 5.74) is 1.72. The highest BCUT2D eigenvalue weighted by Gasteiger charge is 2.02. The van der Waals surface area contributed by atoms with E-state index in [9.17, 15) is 0 Å². The first-order chi connectivity index (χ1) is 9.92. The van der Waals surface area contributed by atoms with Crippen LogP contribution < -0.4 is 0 Å². The SMILES string of the molecule is C(#Cc1cnc(-c2ncccn2)nc1)c1ccccc1. The lowest BCUT2D eigenvalue weighted by Crippen LogP contribution is -1.94. The van der Waals surface area contributed by atoms with Crippen molar-refractivity contribution in [3.8, 4) is 23.5 Å². The third-order valence-corrected chi connectivity index (χ3v) is 2.54. The predicted molar refractivity (Wildman–Crippen MR) is 75.5 cm³/mol. The van der Waals surface area contributed by atoms with Gasteiger partial charge in [-0.2, -0.15) is 0 Å². The number of hydrogen-bond donors (Lipinski definition) is 0. The summed E-state index contributed by atoms with van der Waals surface area (Å²) < 4.78 is 0. The minimum atomic E-state index is 0.496. The van der Waals surface area contributed by atoms with E-state index in [1.54, 1.807) is 30.9 Å². The fourth-order valence-corrected chi connectivity index (χ4v) is 1.59. The van der Waals surface area contributed by atoms with E-state index in [-0.39, 0.29) is 0 Å². The lowest BCUT2D eigenvalue weighted by Gasteiger charge is -1.96. The standard InChI is InChI=1S/C16H10N4/c1-2-5-13(6-3-1)7-8-14-11-19-16(20-12-14)15-17-9-4-10-18-15/h1-6,9-12H. The zero-order chi connectivity index (χ0) is 13.6. The molecule has 2 aromatic heterocycles. The van der Waals surface area contributed by atoms with Crippen LogP contribution in [0.3, 0.4) is 0 Å². The van der Waals surface area contributed by atoms with Crippen molar-refractivity contribution >= 4 is 0 Å². The molecule has 0 aliphatic heterocycles. The van der Waals surface area contributed by atoms with Crippen LogP contribution >= 0.6 is 0 Å². The van der Waals surface area contributed by atoms with Crippen molar-refractivity contribution in [2.24, 2.45) is 0 Å². The molecule has 3 aromatic rings. The number of nitrogens with zero attached hydrogens (tertiary/aromatic N) is 4. The summed E-state index contributed by atoms with van der Waals surface area (Å²) in [6, 6.07) is 11.5. The van der Waals surface area contributed by atoms with E-state index in [2.05, 4.69) is 31.8 Å². The van der Waals surface area contributed by atoms with Crippen molar-refractivity contribution in [2.75, 3.05) is 0 Å². The van der Waals surface area contributed by atoms with Crippen LogP contribution in [0, 0.1) is 11.8 Å². The van der Waals surface area contributed by atoms with Gasteiger partial charge in [0.05, 0.1) is 5.56 Å². The third-order valence-electron chi connectivity index (χ3n) is 2.54. The molecule has 0 bridgehead atoms. The van der Waals surface area contributed by atoms with Crippen LogP contribution in [0.2, 0.25) is 0 Å². The molecule has 4 nitrogen and oxygen atoms in total. The maximum absolute atomic E-state index is 4.22. The maximum atomic E-state index is 4.22. The van der Waals surface area contributed by atoms with Crippen LogP contribution in [0.1, 0.15) is 11.1 Å². The van der Waals surface area contributed by atoms with Gasteiger partial charge in [-0.15, -0.1) is 0 Å². The molecule has 1 aromatic carbocycles. The largest absolute Gasteiger partial charge is 0.234 e. The Bertz CT molecular complexity index is 741. The van der Waals surface area contributed by atoms with Crippen molar-refractivity contribution in [1.29, 1.82) is 0 Å². The van der Waals surface area contributed by atoms with Crippen LogP contribution in [0.15, 0.2) is 61.2 Å². The molecule has 94 valence electrons. The van der Waals surface area contributed by atoms with Crippen molar-refractivity contribution in [2.45, 2.75) is 0 Å². The summed E-state index contributed by atoms with van der Waals surface area (Å²) in [6.45, 7) is 0. The molecule has 0 spiro atoms. The normalized spacial score (nSPS) is 9.60. The third kappa shape index (κ3) is 2.85. The van der Waals surface area contributed by atoms with E-state index in [4.69, 9.17) is 0 Å². The fourth-order valence-electron chi connectivity index (χ4n) is 1.59. The average Bonchev–Trinajstić information content (AvgIpc) is 2.55. The van der Waals surface area contributed by atoms with Crippen molar-refractivity contribution < 1.29 is 0 Å². The van der Waals surface area contributed by atoms with Gasteiger partial charge in [0.2, 0.25) is 0 Å². The zero-order valence-electron chi connectivity index (χ0n) is 10.6. The van der Waals surface area contributed by atoms with Crippen LogP contribution in [0.4, 0.5) is 0 Å². The molecule has 0 saturated heterocycles. The van der Waals surface area contributed by atoms with Crippen molar-refractivity contribution in [1.82, 2.24) is 19.9 Å². The Morgan fingerprint density at radius 1 is 0.600 bits per heavy atom. The van der Waals surface area contributed by atoms with Gasteiger partial charge in [0, 0.05) is 30.4 Å². The van der Waals surface area contributed by atoms with Gasteiger partial charge in [0.15, 0.2) is 11.6 Å². The molecule has 0 amide bonds. The lowest BCUT2D eigenvalue weighted by molar-refractivity contribution is 1.07. The quantitative estimate of drug-likeness (QED) is 0.629. The first kappa shape index (κ1) is 12.0. The molecule has 4 heteroatoms. The summed E-state index contributed by atoms with van der Waals surface area (Å²) in [4.78, 5) is 16.6. The highest BCUT2D eigenvalue weighted by molar-refractivity contribution is 5.45. The first-order valence-corrected chi connectivity index (χ1v) is 6.08. The first-order valence-electron chi connectivity index (χ1n) is 6.08. The molecule has 0 radical (unpaired) electrons. The smallest absolute Gasteiger partial charge is 0.197 e. The number of hydrogen-bond acceptors (Lipinski definition) is 4. The van der Waals surface area contributed by atoms with Gasteiger partial charge >= 0.3 is 0 Å². The maximum Gasteiger partial charge on any atom is 0.197 e. The zero-order valence-corrected chi connectivity index (χ0v) is 10.6. The summed E-state index contributed by atoms with van der Waals surface area (Å²) in [7, 11) is 0. The van der Waals surface area contributed by atoms with E-state index < -0.39 is 0 Å². The molecule has 0 unspecified atom stereocenters. The summed E-state index contributed by atoms with van der Waals surface area (Å²) in [5.74, 6) is 7.09. The van der Waals surface area contributed by atoms with E-state index >= 15 is 0 Å². The minimum absolute atomic E-state index is 0.496. The molecule has 0 aliphatic carbocycles. The summed E-state index contributed by atoms with van der Waals surface area (Å²) in [6.07, 6.45) is 6.67. The molecule has 0 N–H and O–H groups in total. The van der Waals surface area contributed by atoms with Crippen molar-refractivity contribution in [3.05, 3.63) is 72.3 Å². The van der Waals surface area contributed by atoms with Gasteiger partial charge in [0.1, 0.15) is 0 Å². The molecular formula is C16H10N4. The second-order valence-corrected chi connectivity index (χ2v) is 3.98. The van der Waals surface area contributed by atoms with Crippen LogP contribution in [-0.2, 0) is 0 Å². The molecule has 0 aliphatic rings. The van der Waals surface area contributed by atoms with Crippen molar-refractivity contribution in [3.63, 3.8) is 0 Å². The van der Waals surface area contributed by atoms with Crippen LogP contribution in [0.5, 0.6) is 0 Å². The highest BCUT2D eigenvalue weighted by atomic mass is 15.0. The number of aromatic nitrogens is 4. The lowest BCUT2D eigenvalue weighted by atomic mass is 10.2. The van der Waals surface area contributed by atoms with Gasteiger partial charge in [-0.3, -0.25) is 0 Å². The minimum Gasteiger partial charge on any atom is -0.234 e. The summed E-state index contributed by atoms with van der Waals surface area (Å²) >= 11 is 0. The average molecular weight is 258 g/mol. The molecular weight excluding hydrogens is 248 g/mol. The molecule has 0 saturated carbocycles. The van der Waals surface area contributed by atoms with Gasteiger partial charge in [-0.25, -0.2) is 19.9 Å². The van der Waals surface area contributed by atoms with Crippen LogP contribution in [-0.4, -0.2) is 19.9 Å². The Kier molecular flexibility index (Phi) is 3.43.